The number of hydrogen-bond acceptors (Lipinski definition) is 4. The van der Waals surface area contributed by atoms with E-state index in [-0.39, 0.29) is 24.3 Å². The van der Waals surface area contributed by atoms with Crippen LogP contribution in [0.3, 0.4) is 0 Å². The molecule has 3 aromatic rings. The van der Waals surface area contributed by atoms with E-state index in [0.717, 1.165) is 42.8 Å². The summed E-state index contributed by atoms with van der Waals surface area (Å²) in [6.07, 6.45) is 2.13. The quantitative estimate of drug-likeness (QED) is 0.436. The number of anilines is 1. The van der Waals surface area contributed by atoms with Gasteiger partial charge in [0.05, 0.1) is 23.8 Å². The van der Waals surface area contributed by atoms with Crippen LogP contribution in [0.4, 0.5) is 5.69 Å². The predicted molar refractivity (Wildman–Crippen MR) is 135 cm³/mol. The highest BCUT2D eigenvalue weighted by atomic mass is 35.5. The lowest BCUT2D eigenvalue weighted by Gasteiger charge is -2.23. The Kier molecular flexibility index (Phi) is 7.41. The van der Waals surface area contributed by atoms with E-state index in [9.17, 15) is 9.59 Å². The Bertz CT molecular complexity index is 1190. The van der Waals surface area contributed by atoms with Crippen LogP contribution in [0, 0.1) is 0 Å². The molecule has 1 aliphatic rings. The standard InChI is InChI=1S/C26H31ClN4O3/c1-4-12-29(13-5-2)25(33)17-31-21-9-7-6-8-20(21)28-26(31)18-14-24(32)30(16-18)22-15-19(27)10-11-23(22)34-3/h6-11,15,18H,4-5,12-14,16-17H2,1-3H3/t18-/m0/s1. The van der Waals surface area contributed by atoms with Crippen molar-refractivity contribution in [1.29, 1.82) is 0 Å². The number of ether oxygens (including phenoxy) is 1. The maximum Gasteiger partial charge on any atom is 0.242 e. The number of imidazole rings is 1. The van der Waals surface area contributed by atoms with Crippen LogP contribution in [0.5, 0.6) is 5.75 Å². The molecule has 2 heterocycles. The smallest absolute Gasteiger partial charge is 0.242 e. The van der Waals surface area contributed by atoms with Crippen molar-refractivity contribution < 1.29 is 14.3 Å². The lowest BCUT2D eigenvalue weighted by atomic mass is 10.1. The van der Waals surface area contributed by atoms with Gasteiger partial charge in [-0.05, 0) is 43.2 Å². The lowest BCUT2D eigenvalue weighted by molar-refractivity contribution is -0.131. The molecule has 7 nitrogen and oxygen atoms in total. The molecule has 0 saturated carbocycles. The van der Waals surface area contributed by atoms with Gasteiger partial charge in [0.25, 0.3) is 0 Å². The molecule has 0 unspecified atom stereocenters. The van der Waals surface area contributed by atoms with Crippen LogP contribution in [-0.2, 0) is 16.1 Å². The van der Waals surface area contributed by atoms with Crippen molar-refractivity contribution in [2.75, 3.05) is 31.6 Å². The fourth-order valence-corrected chi connectivity index (χ4v) is 4.86. The third-order valence-corrected chi connectivity index (χ3v) is 6.47. The largest absolute Gasteiger partial charge is 0.495 e. The third-order valence-electron chi connectivity index (χ3n) is 6.24. The molecule has 2 aromatic carbocycles. The number of nitrogens with zero attached hydrogens (tertiary/aromatic N) is 4. The van der Waals surface area contributed by atoms with Gasteiger partial charge in [0.15, 0.2) is 0 Å². The molecule has 1 saturated heterocycles. The molecule has 0 radical (unpaired) electrons. The molecule has 4 rings (SSSR count). The van der Waals surface area contributed by atoms with E-state index in [4.69, 9.17) is 21.3 Å². The zero-order chi connectivity index (χ0) is 24.2. The van der Waals surface area contributed by atoms with Crippen LogP contribution in [0.2, 0.25) is 5.02 Å². The van der Waals surface area contributed by atoms with Crippen molar-refractivity contribution in [1.82, 2.24) is 14.5 Å². The summed E-state index contributed by atoms with van der Waals surface area (Å²) in [7, 11) is 1.58. The van der Waals surface area contributed by atoms with Crippen LogP contribution < -0.4 is 9.64 Å². The highest BCUT2D eigenvalue weighted by molar-refractivity contribution is 6.31. The average molecular weight is 483 g/mol. The minimum atomic E-state index is -0.151. The first-order valence-electron chi connectivity index (χ1n) is 11.8. The molecular formula is C26H31ClN4O3. The first-order valence-corrected chi connectivity index (χ1v) is 12.2. The highest BCUT2D eigenvalue weighted by Gasteiger charge is 2.36. The predicted octanol–water partition coefficient (Wildman–Crippen LogP) is 4.87. The molecule has 0 spiro atoms. The molecule has 1 aliphatic heterocycles. The van der Waals surface area contributed by atoms with Crippen LogP contribution in [0.15, 0.2) is 42.5 Å². The molecule has 1 aromatic heterocycles. The van der Waals surface area contributed by atoms with Gasteiger partial charge in [-0.25, -0.2) is 4.98 Å². The normalized spacial score (nSPS) is 15.8. The van der Waals surface area contributed by atoms with Gasteiger partial charge in [-0.15, -0.1) is 0 Å². The molecule has 34 heavy (non-hydrogen) atoms. The summed E-state index contributed by atoms with van der Waals surface area (Å²) >= 11 is 6.22. The van der Waals surface area contributed by atoms with E-state index in [1.165, 1.54) is 0 Å². The monoisotopic (exact) mass is 482 g/mol. The second-order valence-corrected chi connectivity index (χ2v) is 9.08. The molecule has 0 N–H and O–H groups in total. The van der Waals surface area contributed by atoms with E-state index in [1.807, 2.05) is 33.7 Å². The number of carbonyl (C=O) groups is 2. The number of methoxy groups -OCH3 is 1. The van der Waals surface area contributed by atoms with Crippen LogP contribution in [0.25, 0.3) is 11.0 Å². The van der Waals surface area contributed by atoms with E-state index in [0.29, 0.717) is 29.4 Å². The number of para-hydroxylation sites is 2. The molecule has 0 bridgehead atoms. The van der Waals surface area contributed by atoms with Gasteiger partial charge in [0.2, 0.25) is 11.8 Å². The van der Waals surface area contributed by atoms with Crippen LogP contribution >= 0.6 is 11.6 Å². The molecule has 1 fully saturated rings. The number of benzene rings is 2. The minimum absolute atomic E-state index is 0.0194. The Hall–Kier alpha value is -3.06. The highest BCUT2D eigenvalue weighted by Crippen LogP contribution is 2.38. The maximum absolute atomic E-state index is 13.2. The summed E-state index contributed by atoms with van der Waals surface area (Å²) < 4.78 is 7.47. The van der Waals surface area contributed by atoms with Crippen molar-refractivity contribution in [2.24, 2.45) is 0 Å². The molecule has 1 atom stereocenters. The number of rotatable bonds is 9. The van der Waals surface area contributed by atoms with Crippen LogP contribution in [-0.4, -0.2) is 53.0 Å². The van der Waals surface area contributed by atoms with Crippen molar-refractivity contribution in [3.05, 3.63) is 53.3 Å². The lowest BCUT2D eigenvalue weighted by Crippen LogP contribution is -2.35. The Balaban J connectivity index is 1.68. The molecule has 2 amide bonds. The second kappa shape index (κ2) is 10.5. The minimum Gasteiger partial charge on any atom is -0.495 e. The van der Waals surface area contributed by atoms with Gasteiger partial charge in [-0.2, -0.15) is 0 Å². The topological polar surface area (TPSA) is 67.7 Å². The van der Waals surface area contributed by atoms with Gasteiger partial charge in [0, 0.05) is 37.0 Å². The molecule has 0 aliphatic carbocycles. The van der Waals surface area contributed by atoms with E-state index >= 15 is 0 Å². The number of halogens is 1. The Labute approximate surface area is 205 Å². The number of fused-ring (bicyclic) bond motifs is 1. The Morgan fingerprint density at radius 1 is 1.18 bits per heavy atom. The summed E-state index contributed by atoms with van der Waals surface area (Å²) in [4.78, 5) is 34.8. The Morgan fingerprint density at radius 2 is 1.91 bits per heavy atom. The summed E-state index contributed by atoms with van der Waals surface area (Å²) in [6, 6.07) is 13.1. The summed E-state index contributed by atoms with van der Waals surface area (Å²) in [6.45, 7) is 6.28. The fourth-order valence-electron chi connectivity index (χ4n) is 4.70. The second-order valence-electron chi connectivity index (χ2n) is 8.65. The number of hydrogen-bond donors (Lipinski definition) is 0. The maximum atomic E-state index is 13.2. The summed E-state index contributed by atoms with van der Waals surface area (Å²) in [5.74, 6) is 1.26. The van der Waals surface area contributed by atoms with Crippen molar-refractivity contribution in [2.45, 2.75) is 45.6 Å². The number of amides is 2. The van der Waals surface area contributed by atoms with Crippen molar-refractivity contribution >= 4 is 40.1 Å². The van der Waals surface area contributed by atoms with Gasteiger partial charge in [0.1, 0.15) is 18.1 Å². The third kappa shape index (κ3) is 4.75. The van der Waals surface area contributed by atoms with Crippen LogP contribution in [0.1, 0.15) is 44.9 Å². The van der Waals surface area contributed by atoms with E-state index in [1.54, 1.807) is 30.2 Å². The Morgan fingerprint density at radius 3 is 2.62 bits per heavy atom. The van der Waals surface area contributed by atoms with Gasteiger partial charge >= 0.3 is 0 Å². The van der Waals surface area contributed by atoms with Gasteiger partial charge in [-0.3, -0.25) is 9.59 Å². The summed E-state index contributed by atoms with van der Waals surface area (Å²) in [5, 5.41) is 0.539. The fraction of sp³-hybridized carbons (Fsp3) is 0.423. The molecular weight excluding hydrogens is 452 g/mol. The van der Waals surface area contributed by atoms with Gasteiger partial charge in [-0.1, -0.05) is 37.6 Å². The van der Waals surface area contributed by atoms with E-state index < -0.39 is 0 Å². The first-order chi connectivity index (χ1) is 16.5. The first kappa shape index (κ1) is 24.1. The zero-order valence-corrected chi connectivity index (χ0v) is 20.7. The zero-order valence-electron chi connectivity index (χ0n) is 20.0. The SMILES string of the molecule is CCCN(CCC)C(=O)Cn1c([C@H]2CC(=O)N(c3cc(Cl)ccc3OC)C2)nc2ccccc21. The molecule has 8 heteroatoms. The van der Waals surface area contributed by atoms with Crippen molar-refractivity contribution in [3.63, 3.8) is 0 Å². The summed E-state index contributed by atoms with van der Waals surface area (Å²) in [5.41, 5.74) is 2.39. The number of aromatic nitrogens is 2. The molecule has 180 valence electrons. The number of carbonyl (C=O) groups excluding carboxylic acids is 2. The van der Waals surface area contributed by atoms with Gasteiger partial charge < -0.3 is 19.1 Å². The van der Waals surface area contributed by atoms with Crippen molar-refractivity contribution in [3.8, 4) is 5.75 Å². The average Bonchev–Trinajstić information content (AvgIpc) is 3.39. The van der Waals surface area contributed by atoms with E-state index in [2.05, 4.69) is 13.8 Å².